The Labute approximate surface area is 191 Å². The molecule has 0 bridgehead atoms. The molecule has 4 nitrogen and oxygen atoms in total. The quantitative estimate of drug-likeness (QED) is 0.349. The van der Waals surface area contributed by atoms with Crippen LogP contribution < -0.4 is 10.6 Å². The van der Waals surface area contributed by atoms with E-state index in [9.17, 15) is 9.59 Å². The minimum atomic E-state index is -0.296. The summed E-state index contributed by atoms with van der Waals surface area (Å²) in [6, 6.07) is 19.6. The Morgan fingerprint density at radius 2 is 1.81 bits per heavy atom. The van der Waals surface area contributed by atoms with Crippen molar-refractivity contribution in [2.75, 3.05) is 12.3 Å². The Morgan fingerprint density at radius 1 is 1.00 bits per heavy atom. The summed E-state index contributed by atoms with van der Waals surface area (Å²) in [5, 5.41) is 7.64. The van der Waals surface area contributed by atoms with Gasteiger partial charge in [0.2, 0.25) is 0 Å². The van der Waals surface area contributed by atoms with Crippen LogP contribution in [0.25, 0.3) is 6.08 Å². The van der Waals surface area contributed by atoms with Gasteiger partial charge < -0.3 is 10.6 Å². The molecule has 6 heteroatoms. The van der Waals surface area contributed by atoms with E-state index in [1.54, 1.807) is 30.0 Å². The lowest BCUT2D eigenvalue weighted by Crippen LogP contribution is -2.35. The maximum Gasteiger partial charge on any atom is 0.267 e. The van der Waals surface area contributed by atoms with E-state index in [-0.39, 0.29) is 17.5 Å². The largest absolute Gasteiger partial charge is 0.350 e. The zero-order chi connectivity index (χ0) is 22.1. The van der Waals surface area contributed by atoms with E-state index in [4.69, 9.17) is 0 Å². The number of carbonyl (C=O) groups is 2. The van der Waals surface area contributed by atoms with Gasteiger partial charge in [-0.05, 0) is 49.1 Å². The molecule has 160 valence electrons. The van der Waals surface area contributed by atoms with Crippen molar-refractivity contribution in [3.63, 3.8) is 0 Å². The molecule has 0 atom stereocenters. The molecule has 1 heterocycles. The highest BCUT2D eigenvalue weighted by molar-refractivity contribution is 7.98. The first-order valence-corrected chi connectivity index (χ1v) is 12.1. The van der Waals surface area contributed by atoms with Crippen molar-refractivity contribution in [1.29, 1.82) is 0 Å². The van der Waals surface area contributed by atoms with Crippen LogP contribution >= 0.6 is 23.1 Å². The van der Waals surface area contributed by atoms with E-state index in [0.29, 0.717) is 12.1 Å². The first-order valence-electron chi connectivity index (χ1n) is 10.1. The minimum Gasteiger partial charge on any atom is -0.350 e. The Morgan fingerprint density at radius 3 is 2.52 bits per heavy atom. The topological polar surface area (TPSA) is 58.2 Å². The van der Waals surface area contributed by atoms with Crippen LogP contribution in [0.1, 0.15) is 31.9 Å². The van der Waals surface area contributed by atoms with Crippen LogP contribution in [-0.2, 0) is 10.5 Å². The molecule has 0 saturated carbocycles. The molecule has 0 saturated heterocycles. The number of hydrogen-bond donors (Lipinski definition) is 2. The highest BCUT2D eigenvalue weighted by Crippen LogP contribution is 2.14. The number of thioether (sulfide) groups is 1. The number of nitrogens with one attached hydrogen (secondary N) is 2. The van der Waals surface area contributed by atoms with Gasteiger partial charge in [0.05, 0.1) is 0 Å². The smallest absolute Gasteiger partial charge is 0.267 e. The van der Waals surface area contributed by atoms with Crippen LogP contribution in [0.15, 0.2) is 71.7 Å². The van der Waals surface area contributed by atoms with Gasteiger partial charge in [0.15, 0.2) is 0 Å². The Bertz CT molecular complexity index is 1040. The maximum atomic E-state index is 12.8. The van der Waals surface area contributed by atoms with E-state index in [0.717, 1.165) is 21.9 Å². The number of hydrogen-bond acceptors (Lipinski definition) is 4. The van der Waals surface area contributed by atoms with Crippen molar-refractivity contribution in [2.24, 2.45) is 0 Å². The summed E-state index contributed by atoms with van der Waals surface area (Å²) in [4.78, 5) is 26.3. The third-order valence-corrected chi connectivity index (χ3v) is 6.37. The Balaban J connectivity index is 1.56. The van der Waals surface area contributed by atoms with Crippen molar-refractivity contribution in [3.05, 3.63) is 98.9 Å². The SMILES string of the molecule is Cc1ccc(CSCCNC(=O)/C(=C/c2cccs2)NC(=O)c2cccc(C)c2)cc1. The lowest BCUT2D eigenvalue weighted by molar-refractivity contribution is -0.117. The molecule has 0 fully saturated rings. The second kappa shape index (κ2) is 11.5. The zero-order valence-electron chi connectivity index (χ0n) is 17.7. The van der Waals surface area contributed by atoms with E-state index >= 15 is 0 Å². The monoisotopic (exact) mass is 450 g/mol. The molecule has 1 aromatic heterocycles. The zero-order valence-corrected chi connectivity index (χ0v) is 19.3. The molecular weight excluding hydrogens is 424 g/mol. The van der Waals surface area contributed by atoms with Gasteiger partial charge in [0.1, 0.15) is 5.70 Å². The molecule has 0 aliphatic rings. The molecule has 3 aromatic rings. The Hall–Kier alpha value is -2.83. The van der Waals surface area contributed by atoms with Crippen molar-refractivity contribution >= 4 is 41.0 Å². The maximum absolute atomic E-state index is 12.8. The lowest BCUT2D eigenvalue weighted by atomic mass is 10.1. The van der Waals surface area contributed by atoms with Gasteiger partial charge in [-0.25, -0.2) is 0 Å². The van der Waals surface area contributed by atoms with Gasteiger partial charge in [-0.3, -0.25) is 9.59 Å². The van der Waals surface area contributed by atoms with E-state index in [1.165, 1.54) is 22.5 Å². The lowest BCUT2D eigenvalue weighted by Gasteiger charge is -2.11. The molecule has 31 heavy (non-hydrogen) atoms. The number of carbonyl (C=O) groups excluding carboxylic acids is 2. The van der Waals surface area contributed by atoms with E-state index in [1.807, 2.05) is 36.6 Å². The fourth-order valence-corrected chi connectivity index (χ4v) is 4.34. The van der Waals surface area contributed by atoms with Gasteiger partial charge >= 0.3 is 0 Å². The fourth-order valence-electron chi connectivity index (χ4n) is 2.86. The van der Waals surface area contributed by atoms with Gasteiger partial charge in [0, 0.05) is 28.5 Å². The average Bonchev–Trinajstić information content (AvgIpc) is 3.27. The van der Waals surface area contributed by atoms with Crippen LogP contribution in [0.5, 0.6) is 0 Å². The van der Waals surface area contributed by atoms with Crippen molar-refractivity contribution in [2.45, 2.75) is 19.6 Å². The predicted molar refractivity (Wildman–Crippen MR) is 131 cm³/mol. The molecule has 0 spiro atoms. The van der Waals surface area contributed by atoms with Crippen LogP contribution in [-0.4, -0.2) is 24.1 Å². The van der Waals surface area contributed by atoms with Gasteiger partial charge in [-0.2, -0.15) is 11.8 Å². The van der Waals surface area contributed by atoms with Crippen LogP contribution in [0, 0.1) is 13.8 Å². The Kier molecular flexibility index (Phi) is 8.50. The molecule has 0 unspecified atom stereocenters. The minimum absolute atomic E-state index is 0.248. The number of benzene rings is 2. The molecule has 2 amide bonds. The summed E-state index contributed by atoms with van der Waals surface area (Å²) in [5.41, 5.74) is 4.28. The fraction of sp³-hybridized carbons (Fsp3) is 0.200. The molecule has 0 radical (unpaired) electrons. The normalized spacial score (nSPS) is 11.2. The van der Waals surface area contributed by atoms with Crippen LogP contribution in [0.2, 0.25) is 0 Å². The molecule has 2 aromatic carbocycles. The van der Waals surface area contributed by atoms with Crippen molar-refractivity contribution in [1.82, 2.24) is 10.6 Å². The van der Waals surface area contributed by atoms with Gasteiger partial charge in [-0.1, -0.05) is 53.6 Å². The summed E-state index contributed by atoms with van der Waals surface area (Å²) < 4.78 is 0. The molecule has 3 rings (SSSR count). The van der Waals surface area contributed by atoms with Gasteiger partial charge in [-0.15, -0.1) is 11.3 Å². The summed E-state index contributed by atoms with van der Waals surface area (Å²) >= 11 is 3.28. The number of aryl methyl sites for hydroxylation is 2. The average molecular weight is 451 g/mol. The predicted octanol–water partition coefficient (Wildman–Crippen LogP) is 5.19. The van der Waals surface area contributed by atoms with Crippen molar-refractivity contribution < 1.29 is 9.59 Å². The number of rotatable bonds is 9. The summed E-state index contributed by atoms with van der Waals surface area (Å²) in [5.74, 6) is 1.11. The highest BCUT2D eigenvalue weighted by Gasteiger charge is 2.15. The van der Waals surface area contributed by atoms with Crippen LogP contribution in [0.4, 0.5) is 0 Å². The summed E-state index contributed by atoms with van der Waals surface area (Å²) in [7, 11) is 0. The molecular formula is C25H26N2O2S2. The number of thiophene rings is 1. The van der Waals surface area contributed by atoms with Gasteiger partial charge in [0.25, 0.3) is 11.8 Å². The third kappa shape index (κ3) is 7.42. The van der Waals surface area contributed by atoms with E-state index in [2.05, 4.69) is 41.8 Å². The second-order valence-corrected chi connectivity index (χ2v) is 9.28. The third-order valence-electron chi connectivity index (χ3n) is 4.52. The standard InChI is InChI=1S/C25H26N2O2S2/c1-18-8-10-20(11-9-18)17-30-14-12-26-25(29)23(16-22-7-4-13-31-22)27-24(28)21-6-3-5-19(2)15-21/h3-11,13,15-16H,12,14,17H2,1-2H3,(H,26,29)(H,27,28)/b23-16-. The second-order valence-electron chi connectivity index (χ2n) is 7.19. The molecule has 0 aliphatic carbocycles. The first-order chi connectivity index (χ1) is 15.0. The summed E-state index contributed by atoms with van der Waals surface area (Å²) in [6.45, 7) is 4.53. The van der Waals surface area contributed by atoms with Crippen LogP contribution in [0.3, 0.4) is 0 Å². The van der Waals surface area contributed by atoms with Crippen molar-refractivity contribution in [3.8, 4) is 0 Å². The highest BCUT2D eigenvalue weighted by atomic mass is 32.2. The summed E-state index contributed by atoms with van der Waals surface area (Å²) in [6.07, 6.45) is 1.72. The molecule has 2 N–H and O–H groups in total. The van der Waals surface area contributed by atoms with E-state index < -0.39 is 0 Å². The first kappa shape index (κ1) is 22.8. The molecule has 0 aliphatic heterocycles. The number of amides is 2.